The van der Waals surface area contributed by atoms with Crippen LogP contribution in [0.3, 0.4) is 0 Å². The molecule has 0 bridgehead atoms. The Kier molecular flexibility index (Phi) is 6.76. The quantitative estimate of drug-likeness (QED) is 0.555. The summed E-state index contributed by atoms with van der Waals surface area (Å²) in [5.74, 6) is 1.18. The standard InChI is InChI=1S/C22H23N3O6/c1-4-31-17-8-6-16(7-9-17)25-12-11-24(21(27)22(25)28)14-20(26)23-15-5-10-18(29-2)19(13-15)30-3/h5-13H,4,14H2,1-3H3,(H,23,26). The normalized spacial score (nSPS) is 10.4. The lowest BCUT2D eigenvalue weighted by atomic mass is 10.2. The van der Waals surface area contributed by atoms with Gasteiger partial charge in [0.15, 0.2) is 11.5 Å². The highest BCUT2D eigenvalue weighted by atomic mass is 16.5. The molecule has 0 aliphatic rings. The van der Waals surface area contributed by atoms with Crippen LogP contribution >= 0.6 is 0 Å². The Labute approximate surface area is 178 Å². The van der Waals surface area contributed by atoms with Crippen molar-refractivity contribution < 1.29 is 19.0 Å². The fourth-order valence-corrected chi connectivity index (χ4v) is 2.98. The number of methoxy groups -OCH3 is 2. The highest BCUT2D eigenvalue weighted by Crippen LogP contribution is 2.29. The molecule has 0 fully saturated rings. The van der Waals surface area contributed by atoms with Gasteiger partial charge in [-0.05, 0) is 43.3 Å². The van der Waals surface area contributed by atoms with Crippen molar-refractivity contribution in [3.63, 3.8) is 0 Å². The maximum atomic E-state index is 12.5. The minimum absolute atomic E-state index is 0.313. The van der Waals surface area contributed by atoms with E-state index in [1.165, 1.54) is 31.2 Å². The van der Waals surface area contributed by atoms with Crippen molar-refractivity contribution in [2.45, 2.75) is 13.5 Å². The molecule has 2 aromatic carbocycles. The van der Waals surface area contributed by atoms with Crippen molar-refractivity contribution in [3.8, 4) is 22.9 Å². The van der Waals surface area contributed by atoms with Gasteiger partial charge in [-0.1, -0.05) is 0 Å². The highest BCUT2D eigenvalue weighted by Gasteiger charge is 2.12. The first-order valence-corrected chi connectivity index (χ1v) is 9.54. The summed E-state index contributed by atoms with van der Waals surface area (Å²) in [6.45, 7) is 2.09. The Morgan fingerprint density at radius 2 is 1.65 bits per heavy atom. The second-order valence-corrected chi connectivity index (χ2v) is 6.45. The van der Waals surface area contributed by atoms with Gasteiger partial charge >= 0.3 is 11.1 Å². The number of carbonyl (C=O) groups excluding carboxylic acids is 1. The zero-order valence-electron chi connectivity index (χ0n) is 17.5. The van der Waals surface area contributed by atoms with Crippen LogP contribution in [-0.4, -0.2) is 35.9 Å². The summed E-state index contributed by atoms with van der Waals surface area (Å²) >= 11 is 0. The second-order valence-electron chi connectivity index (χ2n) is 6.45. The van der Waals surface area contributed by atoms with E-state index in [9.17, 15) is 14.4 Å². The van der Waals surface area contributed by atoms with Crippen LogP contribution in [0.15, 0.2) is 64.4 Å². The average molecular weight is 425 g/mol. The molecule has 9 nitrogen and oxygen atoms in total. The lowest BCUT2D eigenvalue weighted by Crippen LogP contribution is -2.41. The molecule has 0 aliphatic heterocycles. The molecular weight excluding hydrogens is 402 g/mol. The number of rotatable bonds is 8. The lowest BCUT2D eigenvalue weighted by molar-refractivity contribution is -0.116. The molecule has 1 heterocycles. The van der Waals surface area contributed by atoms with E-state index in [0.717, 1.165) is 4.57 Å². The second kappa shape index (κ2) is 9.66. The van der Waals surface area contributed by atoms with E-state index >= 15 is 0 Å². The molecule has 0 saturated carbocycles. The van der Waals surface area contributed by atoms with E-state index in [2.05, 4.69) is 5.32 Å². The third-order valence-corrected chi connectivity index (χ3v) is 4.47. The van der Waals surface area contributed by atoms with E-state index in [-0.39, 0.29) is 6.54 Å². The Morgan fingerprint density at radius 1 is 0.935 bits per heavy atom. The molecule has 31 heavy (non-hydrogen) atoms. The summed E-state index contributed by atoms with van der Waals surface area (Å²) < 4.78 is 18.0. The van der Waals surface area contributed by atoms with Crippen LogP contribution < -0.4 is 30.6 Å². The van der Waals surface area contributed by atoms with Crippen LogP contribution in [-0.2, 0) is 11.3 Å². The fraction of sp³-hybridized carbons (Fsp3) is 0.227. The van der Waals surface area contributed by atoms with Crippen molar-refractivity contribution in [2.75, 3.05) is 26.1 Å². The minimum atomic E-state index is -0.807. The molecule has 3 rings (SSSR count). The number of nitrogens with one attached hydrogen (secondary N) is 1. The maximum absolute atomic E-state index is 12.5. The van der Waals surface area contributed by atoms with Crippen LogP contribution in [0.4, 0.5) is 5.69 Å². The molecule has 162 valence electrons. The zero-order chi connectivity index (χ0) is 22.4. The van der Waals surface area contributed by atoms with Gasteiger partial charge in [-0.2, -0.15) is 0 Å². The molecule has 0 saturated heterocycles. The lowest BCUT2D eigenvalue weighted by Gasteiger charge is -2.12. The molecular formula is C22H23N3O6. The number of ether oxygens (including phenoxy) is 3. The number of hydrogen-bond donors (Lipinski definition) is 1. The van der Waals surface area contributed by atoms with Crippen molar-refractivity contribution in [1.29, 1.82) is 0 Å². The van der Waals surface area contributed by atoms with Gasteiger partial charge in [0.1, 0.15) is 12.3 Å². The average Bonchev–Trinajstić information content (AvgIpc) is 2.78. The molecule has 0 radical (unpaired) electrons. The predicted molar refractivity (Wildman–Crippen MR) is 116 cm³/mol. The molecule has 0 spiro atoms. The third-order valence-electron chi connectivity index (χ3n) is 4.47. The van der Waals surface area contributed by atoms with Gasteiger partial charge < -0.3 is 19.5 Å². The first kappa shape index (κ1) is 21.7. The molecule has 0 aliphatic carbocycles. The van der Waals surface area contributed by atoms with Crippen molar-refractivity contribution in [3.05, 3.63) is 75.6 Å². The van der Waals surface area contributed by atoms with Crippen LogP contribution in [0.1, 0.15) is 6.92 Å². The first-order valence-electron chi connectivity index (χ1n) is 9.54. The SMILES string of the molecule is CCOc1ccc(-n2ccn(CC(=O)Nc3ccc(OC)c(OC)c3)c(=O)c2=O)cc1. The topological polar surface area (TPSA) is 101 Å². The largest absolute Gasteiger partial charge is 0.494 e. The predicted octanol–water partition coefficient (Wildman–Crippen LogP) is 2.05. The number of anilines is 1. The van der Waals surface area contributed by atoms with Crippen molar-refractivity contribution in [2.24, 2.45) is 0 Å². The third kappa shape index (κ3) is 4.95. The van der Waals surface area contributed by atoms with Gasteiger partial charge in [0, 0.05) is 29.8 Å². The summed E-state index contributed by atoms with van der Waals surface area (Å²) in [5, 5.41) is 2.67. The van der Waals surface area contributed by atoms with Crippen molar-refractivity contribution >= 4 is 11.6 Å². The molecule has 1 amide bonds. The molecule has 9 heteroatoms. The summed E-state index contributed by atoms with van der Waals surface area (Å²) in [6.07, 6.45) is 2.84. The van der Waals surface area contributed by atoms with Crippen LogP contribution in [0, 0.1) is 0 Å². The smallest absolute Gasteiger partial charge is 0.320 e. The van der Waals surface area contributed by atoms with Crippen molar-refractivity contribution in [1.82, 2.24) is 9.13 Å². The molecule has 0 unspecified atom stereocenters. The van der Waals surface area contributed by atoms with Gasteiger partial charge in [0.25, 0.3) is 0 Å². The minimum Gasteiger partial charge on any atom is -0.494 e. The summed E-state index contributed by atoms with van der Waals surface area (Å²) in [4.78, 5) is 37.4. The van der Waals surface area contributed by atoms with E-state index in [1.807, 2.05) is 6.92 Å². The Hall–Kier alpha value is -4.01. The van der Waals surface area contributed by atoms with Gasteiger partial charge in [0.2, 0.25) is 5.91 Å². The Bertz CT molecular complexity index is 1180. The Balaban J connectivity index is 1.77. The molecule has 3 aromatic rings. The van der Waals surface area contributed by atoms with Crippen LogP contribution in [0.25, 0.3) is 5.69 Å². The number of amides is 1. The van der Waals surface area contributed by atoms with Gasteiger partial charge in [-0.15, -0.1) is 0 Å². The highest BCUT2D eigenvalue weighted by molar-refractivity contribution is 5.90. The number of nitrogens with zero attached hydrogens (tertiary/aromatic N) is 2. The van der Waals surface area contributed by atoms with Gasteiger partial charge in [0.05, 0.1) is 20.8 Å². The molecule has 1 aromatic heterocycles. The fourth-order valence-electron chi connectivity index (χ4n) is 2.98. The summed E-state index contributed by atoms with van der Waals surface area (Å²) in [7, 11) is 3.00. The summed E-state index contributed by atoms with van der Waals surface area (Å²) in [6, 6.07) is 11.7. The monoisotopic (exact) mass is 425 g/mol. The number of carbonyl (C=O) groups is 1. The van der Waals surface area contributed by atoms with E-state index in [1.54, 1.807) is 42.5 Å². The molecule has 0 atom stereocenters. The van der Waals surface area contributed by atoms with Gasteiger partial charge in [-0.25, -0.2) is 0 Å². The number of benzene rings is 2. The van der Waals surface area contributed by atoms with E-state index in [0.29, 0.717) is 35.2 Å². The summed E-state index contributed by atoms with van der Waals surface area (Å²) in [5.41, 5.74) is -0.574. The first-order chi connectivity index (χ1) is 15.0. The van der Waals surface area contributed by atoms with E-state index < -0.39 is 17.0 Å². The van der Waals surface area contributed by atoms with E-state index in [4.69, 9.17) is 14.2 Å². The Morgan fingerprint density at radius 3 is 2.29 bits per heavy atom. The number of hydrogen-bond acceptors (Lipinski definition) is 6. The zero-order valence-corrected chi connectivity index (χ0v) is 17.5. The molecule has 1 N–H and O–H groups in total. The van der Waals surface area contributed by atoms with Gasteiger partial charge in [-0.3, -0.25) is 23.5 Å². The maximum Gasteiger partial charge on any atom is 0.320 e. The van der Waals surface area contributed by atoms with Crippen LogP contribution in [0.2, 0.25) is 0 Å². The van der Waals surface area contributed by atoms with Crippen LogP contribution in [0.5, 0.6) is 17.2 Å². The number of aromatic nitrogens is 2.